The largest absolute Gasteiger partial charge is 0.375 e. The fourth-order valence-electron chi connectivity index (χ4n) is 3.33. The minimum Gasteiger partial charge on any atom is -0.375 e. The number of nitrogens with zero attached hydrogens (tertiary/aromatic N) is 3. The van der Waals surface area contributed by atoms with E-state index in [1.165, 1.54) is 5.56 Å². The van der Waals surface area contributed by atoms with Crippen LogP contribution in [-0.2, 0) is 24.2 Å². The zero-order valence-corrected chi connectivity index (χ0v) is 16.5. The van der Waals surface area contributed by atoms with Crippen molar-refractivity contribution in [1.29, 1.82) is 0 Å². The van der Waals surface area contributed by atoms with Crippen LogP contribution < -0.4 is 5.73 Å². The Kier molecular flexibility index (Phi) is 7.17. The SMILES string of the molecule is Cl.NCc1ccc(-c2noc(CC3CN(Cc4ccccc4)CCO3)n2)cc1. The van der Waals surface area contributed by atoms with Gasteiger partial charge in [0.15, 0.2) is 0 Å². The van der Waals surface area contributed by atoms with Crippen LogP contribution in [0.25, 0.3) is 11.4 Å². The Labute approximate surface area is 171 Å². The van der Waals surface area contributed by atoms with Crippen molar-refractivity contribution in [3.63, 3.8) is 0 Å². The highest BCUT2D eigenvalue weighted by atomic mass is 35.5. The van der Waals surface area contributed by atoms with Crippen LogP contribution in [0, 0.1) is 0 Å². The molecule has 0 aliphatic carbocycles. The van der Waals surface area contributed by atoms with Crippen LogP contribution in [0.3, 0.4) is 0 Å². The minimum absolute atomic E-state index is 0. The number of hydrogen-bond acceptors (Lipinski definition) is 6. The van der Waals surface area contributed by atoms with Crippen LogP contribution in [0.4, 0.5) is 0 Å². The molecule has 0 bridgehead atoms. The molecule has 1 atom stereocenters. The van der Waals surface area contributed by atoms with E-state index in [-0.39, 0.29) is 18.5 Å². The van der Waals surface area contributed by atoms with Crippen molar-refractivity contribution in [1.82, 2.24) is 15.0 Å². The molecular weight excluding hydrogens is 376 g/mol. The molecular formula is C21H25ClN4O2. The number of aromatic nitrogens is 2. The third kappa shape index (κ3) is 5.17. The summed E-state index contributed by atoms with van der Waals surface area (Å²) in [4.78, 5) is 6.94. The van der Waals surface area contributed by atoms with Crippen molar-refractivity contribution < 1.29 is 9.26 Å². The summed E-state index contributed by atoms with van der Waals surface area (Å²) in [6.45, 7) is 3.98. The van der Waals surface area contributed by atoms with E-state index in [4.69, 9.17) is 15.0 Å². The maximum atomic E-state index is 5.91. The summed E-state index contributed by atoms with van der Waals surface area (Å²) in [5.74, 6) is 1.21. The molecule has 1 aliphatic rings. The standard InChI is InChI=1S/C21H24N4O2.ClH/c22-13-16-6-8-18(9-7-16)21-23-20(27-24-21)12-19-15-25(10-11-26-19)14-17-4-2-1-3-5-17;/h1-9,19H,10-15,22H2;1H. The van der Waals surface area contributed by atoms with Gasteiger partial charge in [0.2, 0.25) is 11.7 Å². The molecule has 2 aromatic carbocycles. The van der Waals surface area contributed by atoms with Crippen molar-refractivity contribution in [2.75, 3.05) is 19.7 Å². The van der Waals surface area contributed by atoms with E-state index in [9.17, 15) is 0 Å². The van der Waals surface area contributed by atoms with Gasteiger partial charge in [-0.25, -0.2) is 0 Å². The van der Waals surface area contributed by atoms with E-state index in [1.54, 1.807) is 0 Å². The first-order valence-electron chi connectivity index (χ1n) is 9.30. The molecule has 0 saturated carbocycles. The molecule has 2 N–H and O–H groups in total. The highest BCUT2D eigenvalue weighted by molar-refractivity contribution is 5.85. The fourth-order valence-corrected chi connectivity index (χ4v) is 3.33. The van der Waals surface area contributed by atoms with Gasteiger partial charge in [-0.2, -0.15) is 4.98 Å². The summed E-state index contributed by atoms with van der Waals surface area (Å²) in [5, 5.41) is 4.11. The molecule has 1 unspecified atom stereocenters. The molecule has 7 heteroatoms. The summed E-state index contributed by atoms with van der Waals surface area (Å²) in [5.41, 5.74) is 8.97. The lowest BCUT2D eigenvalue weighted by molar-refractivity contribution is -0.0335. The van der Waals surface area contributed by atoms with Gasteiger partial charge >= 0.3 is 0 Å². The predicted molar refractivity (Wildman–Crippen MR) is 110 cm³/mol. The molecule has 1 aliphatic heterocycles. The maximum absolute atomic E-state index is 5.91. The summed E-state index contributed by atoms with van der Waals surface area (Å²) >= 11 is 0. The number of ether oxygens (including phenoxy) is 1. The Hall–Kier alpha value is -2.25. The lowest BCUT2D eigenvalue weighted by Gasteiger charge is -2.32. The van der Waals surface area contributed by atoms with E-state index in [0.29, 0.717) is 24.7 Å². The number of nitrogens with two attached hydrogens (primary N) is 1. The number of morpholine rings is 1. The molecule has 0 amide bonds. The van der Waals surface area contributed by atoms with E-state index in [0.717, 1.165) is 37.4 Å². The quantitative estimate of drug-likeness (QED) is 0.685. The van der Waals surface area contributed by atoms with Gasteiger partial charge in [0.25, 0.3) is 0 Å². The Balaban J connectivity index is 0.00000225. The number of hydrogen-bond donors (Lipinski definition) is 1. The number of halogens is 1. The summed E-state index contributed by atoms with van der Waals surface area (Å²) in [6.07, 6.45) is 0.689. The Morgan fingerprint density at radius 2 is 1.82 bits per heavy atom. The van der Waals surface area contributed by atoms with Gasteiger partial charge in [0, 0.05) is 31.7 Å². The first-order chi connectivity index (χ1) is 13.3. The number of rotatable bonds is 6. The lowest BCUT2D eigenvalue weighted by Crippen LogP contribution is -2.42. The first-order valence-corrected chi connectivity index (χ1v) is 9.30. The van der Waals surface area contributed by atoms with Crippen LogP contribution in [-0.4, -0.2) is 40.8 Å². The van der Waals surface area contributed by atoms with Crippen molar-refractivity contribution in [2.45, 2.75) is 25.6 Å². The molecule has 4 rings (SSSR count). The zero-order chi connectivity index (χ0) is 18.5. The molecule has 0 radical (unpaired) electrons. The molecule has 2 heterocycles. The van der Waals surface area contributed by atoms with Crippen LogP contribution >= 0.6 is 12.4 Å². The van der Waals surface area contributed by atoms with Crippen LogP contribution in [0.1, 0.15) is 17.0 Å². The Morgan fingerprint density at radius 3 is 2.57 bits per heavy atom. The Morgan fingerprint density at radius 1 is 1.04 bits per heavy atom. The van der Waals surface area contributed by atoms with E-state index < -0.39 is 0 Å². The summed E-state index contributed by atoms with van der Waals surface area (Å²) in [7, 11) is 0. The van der Waals surface area contributed by atoms with Crippen molar-refractivity contribution in [2.24, 2.45) is 5.73 Å². The molecule has 1 aromatic heterocycles. The van der Waals surface area contributed by atoms with Crippen LogP contribution in [0.2, 0.25) is 0 Å². The summed E-state index contributed by atoms with van der Waals surface area (Å²) < 4.78 is 11.4. The first kappa shape index (κ1) is 20.5. The topological polar surface area (TPSA) is 77.4 Å². The molecule has 1 fully saturated rings. The highest BCUT2D eigenvalue weighted by Gasteiger charge is 2.23. The highest BCUT2D eigenvalue weighted by Crippen LogP contribution is 2.19. The molecule has 28 heavy (non-hydrogen) atoms. The van der Waals surface area contributed by atoms with Gasteiger partial charge < -0.3 is 15.0 Å². The van der Waals surface area contributed by atoms with E-state index >= 15 is 0 Å². The van der Waals surface area contributed by atoms with Gasteiger partial charge in [-0.05, 0) is 11.1 Å². The van der Waals surface area contributed by atoms with Gasteiger partial charge in [0.05, 0.1) is 19.1 Å². The van der Waals surface area contributed by atoms with Gasteiger partial charge in [-0.15, -0.1) is 12.4 Å². The molecule has 1 saturated heterocycles. The zero-order valence-electron chi connectivity index (χ0n) is 15.7. The molecule has 148 valence electrons. The second-order valence-corrected chi connectivity index (χ2v) is 6.83. The van der Waals surface area contributed by atoms with E-state index in [1.807, 2.05) is 30.3 Å². The minimum atomic E-state index is 0. The van der Waals surface area contributed by atoms with Crippen molar-refractivity contribution in [3.8, 4) is 11.4 Å². The van der Waals surface area contributed by atoms with E-state index in [2.05, 4.69) is 39.3 Å². The van der Waals surface area contributed by atoms with Crippen molar-refractivity contribution in [3.05, 3.63) is 71.6 Å². The molecule has 0 spiro atoms. The molecule has 3 aromatic rings. The average Bonchev–Trinajstić information content (AvgIpc) is 3.17. The predicted octanol–water partition coefficient (Wildman–Crippen LogP) is 3.06. The monoisotopic (exact) mass is 400 g/mol. The third-order valence-corrected chi connectivity index (χ3v) is 4.79. The fraction of sp³-hybridized carbons (Fsp3) is 0.333. The molecule has 6 nitrogen and oxygen atoms in total. The normalized spacial score (nSPS) is 17.2. The second kappa shape index (κ2) is 9.80. The third-order valence-electron chi connectivity index (χ3n) is 4.79. The van der Waals surface area contributed by atoms with Crippen molar-refractivity contribution >= 4 is 12.4 Å². The van der Waals surface area contributed by atoms with Crippen LogP contribution in [0.5, 0.6) is 0 Å². The van der Waals surface area contributed by atoms with Gasteiger partial charge in [-0.1, -0.05) is 59.8 Å². The smallest absolute Gasteiger partial charge is 0.229 e. The maximum Gasteiger partial charge on any atom is 0.229 e. The second-order valence-electron chi connectivity index (χ2n) is 6.83. The lowest BCUT2D eigenvalue weighted by atomic mass is 10.1. The van der Waals surface area contributed by atoms with Crippen LogP contribution in [0.15, 0.2) is 59.1 Å². The van der Waals surface area contributed by atoms with Gasteiger partial charge in [0.1, 0.15) is 0 Å². The van der Waals surface area contributed by atoms with Gasteiger partial charge in [-0.3, -0.25) is 4.90 Å². The Bertz CT molecular complexity index is 854. The average molecular weight is 401 g/mol. The summed E-state index contributed by atoms with van der Waals surface area (Å²) in [6, 6.07) is 18.4. The number of benzene rings is 2.